The Balaban J connectivity index is 2.08. The summed E-state index contributed by atoms with van der Waals surface area (Å²) in [6, 6.07) is 6.17. The second-order valence-corrected chi connectivity index (χ2v) is 4.58. The summed E-state index contributed by atoms with van der Waals surface area (Å²) in [5, 5.41) is 11.1. The molecule has 84 valence electrons. The van der Waals surface area contributed by atoms with Gasteiger partial charge in [-0.1, -0.05) is 21.1 Å². The Hall–Kier alpha value is -1.36. The van der Waals surface area contributed by atoms with Gasteiger partial charge >= 0.3 is 0 Å². The molecule has 0 saturated carbocycles. The van der Waals surface area contributed by atoms with Crippen LogP contribution in [0.3, 0.4) is 0 Å². The van der Waals surface area contributed by atoms with Gasteiger partial charge in [-0.2, -0.15) is 0 Å². The lowest BCUT2D eigenvalue weighted by atomic mass is 10.2. The molecule has 2 aromatic rings. The molecule has 0 unspecified atom stereocenters. The molecule has 0 atom stereocenters. The number of hydrogen-bond acceptors (Lipinski definition) is 3. The van der Waals surface area contributed by atoms with Gasteiger partial charge in [0.2, 0.25) is 0 Å². The number of aryl methyl sites for hydroxylation is 2. The van der Waals surface area contributed by atoms with Crippen molar-refractivity contribution in [3.8, 4) is 0 Å². The molecule has 0 fully saturated rings. The minimum atomic E-state index is 0.728. The van der Waals surface area contributed by atoms with E-state index in [0.29, 0.717) is 0 Å². The van der Waals surface area contributed by atoms with E-state index in [4.69, 9.17) is 0 Å². The van der Waals surface area contributed by atoms with E-state index in [1.54, 1.807) is 10.9 Å². The minimum absolute atomic E-state index is 0.728. The van der Waals surface area contributed by atoms with Crippen LogP contribution in [0.25, 0.3) is 0 Å². The molecule has 0 aliphatic rings. The molecule has 5 heteroatoms. The molecular weight excluding hydrogens is 268 g/mol. The van der Waals surface area contributed by atoms with Crippen LogP contribution >= 0.6 is 15.9 Å². The minimum Gasteiger partial charge on any atom is -0.379 e. The fourth-order valence-corrected chi connectivity index (χ4v) is 1.96. The molecule has 0 amide bonds. The van der Waals surface area contributed by atoms with Crippen molar-refractivity contribution in [1.82, 2.24) is 15.0 Å². The lowest BCUT2D eigenvalue weighted by Gasteiger charge is -2.09. The van der Waals surface area contributed by atoms with Gasteiger partial charge in [-0.25, -0.2) is 0 Å². The predicted octanol–water partition coefficient (Wildman–Crippen LogP) is 2.50. The van der Waals surface area contributed by atoms with Gasteiger partial charge in [0.25, 0.3) is 0 Å². The normalized spacial score (nSPS) is 10.4. The molecule has 0 aliphatic heterocycles. The summed E-state index contributed by atoms with van der Waals surface area (Å²) >= 11 is 3.45. The Labute approximate surface area is 103 Å². The van der Waals surface area contributed by atoms with Crippen LogP contribution in [0.1, 0.15) is 11.3 Å². The van der Waals surface area contributed by atoms with Gasteiger partial charge in [0, 0.05) is 17.2 Å². The van der Waals surface area contributed by atoms with Gasteiger partial charge < -0.3 is 5.32 Å². The van der Waals surface area contributed by atoms with Crippen LogP contribution in [0.15, 0.2) is 28.9 Å². The van der Waals surface area contributed by atoms with E-state index < -0.39 is 0 Å². The van der Waals surface area contributed by atoms with Crippen molar-refractivity contribution in [2.45, 2.75) is 13.5 Å². The summed E-state index contributed by atoms with van der Waals surface area (Å²) in [7, 11) is 1.89. The maximum absolute atomic E-state index is 3.88. The summed E-state index contributed by atoms with van der Waals surface area (Å²) in [5.41, 5.74) is 3.40. The fraction of sp³-hybridized carbons (Fsp3) is 0.273. The lowest BCUT2D eigenvalue weighted by molar-refractivity contribution is 0.683. The van der Waals surface area contributed by atoms with Gasteiger partial charge in [-0.15, -0.1) is 5.10 Å². The van der Waals surface area contributed by atoms with Gasteiger partial charge in [0.15, 0.2) is 0 Å². The first-order valence-electron chi connectivity index (χ1n) is 5.00. The monoisotopic (exact) mass is 280 g/mol. The molecule has 2 rings (SSSR count). The topological polar surface area (TPSA) is 42.7 Å². The van der Waals surface area contributed by atoms with E-state index in [-0.39, 0.29) is 0 Å². The first kappa shape index (κ1) is 11.1. The maximum Gasteiger partial charge on any atom is 0.0774 e. The van der Waals surface area contributed by atoms with Crippen LogP contribution in [-0.2, 0) is 13.6 Å². The van der Waals surface area contributed by atoms with Gasteiger partial charge in [-0.05, 0) is 30.7 Å². The SMILES string of the molecule is Cc1cc(Br)ccc1NCc1cnnn1C. The fourth-order valence-electron chi connectivity index (χ4n) is 1.48. The molecule has 0 spiro atoms. The van der Waals surface area contributed by atoms with Crippen molar-refractivity contribution in [3.05, 3.63) is 40.1 Å². The molecule has 0 radical (unpaired) electrons. The number of nitrogens with one attached hydrogen (secondary N) is 1. The number of aromatic nitrogens is 3. The van der Waals surface area contributed by atoms with E-state index >= 15 is 0 Å². The Kier molecular flexibility index (Phi) is 3.24. The number of hydrogen-bond donors (Lipinski definition) is 1. The zero-order valence-corrected chi connectivity index (χ0v) is 10.8. The Bertz CT molecular complexity index is 492. The first-order valence-corrected chi connectivity index (χ1v) is 5.79. The van der Waals surface area contributed by atoms with Crippen molar-refractivity contribution in [2.75, 3.05) is 5.32 Å². The number of anilines is 1. The van der Waals surface area contributed by atoms with E-state index in [9.17, 15) is 0 Å². The molecule has 1 N–H and O–H groups in total. The number of benzene rings is 1. The first-order chi connectivity index (χ1) is 7.66. The quantitative estimate of drug-likeness (QED) is 0.940. The molecule has 0 bridgehead atoms. The standard InChI is InChI=1S/C11H13BrN4/c1-8-5-9(12)3-4-11(8)13-6-10-7-14-15-16(10)2/h3-5,7,13H,6H2,1-2H3. The molecule has 1 aromatic carbocycles. The van der Waals surface area contributed by atoms with Crippen LogP contribution in [0.4, 0.5) is 5.69 Å². The smallest absolute Gasteiger partial charge is 0.0774 e. The average molecular weight is 281 g/mol. The molecule has 1 aromatic heterocycles. The van der Waals surface area contributed by atoms with E-state index in [0.717, 1.165) is 22.4 Å². The van der Waals surface area contributed by atoms with Crippen molar-refractivity contribution < 1.29 is 0 Å². The highest BCUT2D eigenvalue weighted by molar-refractivity contribution is 9.10. The van der Waals surface area contributed by atoms with Gasteiger partial charge in [0.05, 0.1) is 18.4 Å². The second-order valence-electron chi connectivity index (χ2n) is 3.66. The molecule has 4 nitrogen and oxygen atoms in total. The molecule has 0 aliphatic carbocycles. The van der Waals surface area contributed by atoms with E-state index in [1.807, 2.05) is 13.1 Å². The summed E-state index contributed by atoms with van der Waals surface area (Å²) < 4.78 is 2.86. The zero-order chi connectivity index (χ0) is 11.5. The number of rotatable bonds is 3. The van der Waals surface area contributed by atoms with Crippen LogP contribution < -0.4 is 5.32 Å². The zero-order valence-electron chi connectivity index (χ0n) is 9.24. The summed E-state index contributed by atoms with van der Waals surface area (Å²) in [6.45, 7) is 2.81. The van der Waals surface area contributed by atoms with E-state index in [2.05, 4.69) is 50.6 Å². The third kappa shape index (κ3) is 2.41. The molecular formula is C11H13BrN4. The average Bonchev–Trinajstić information content (AvgIpc) is 2.63. The van der Waals surface area contributed by atoms with Crippen molar-refractivity contribution >= 4 is 21.6 Å². The highest BCUT2D eigenvalue weighted by Gasteiger charge is 2.01. The Morgan fingerprint density at radius 1 is 1.44 bits per heavy atom. The molecule has 0 saturated heterocycles. The highest BCUT2D eigenvalue weighted by Crippen LogP contribution is 2.20. The van der Waals surface area contributed by atoms with E-state index in [1.165, 1.54) is 5.56 Å². The highest BCUT2D eigenvalue weighted by atomic mass is 79.9. The maximum atomic E-state index is 3.88. The van der Waals surface area contributed by atoms with Crippen molar-refractivity contribution in [3.63, 3.8) is 0 Å². The molecule has 1 heterocycles. The van der Waals surface area contributed by atoms with Gasteiger partial charge in [-0.3, -0.25) is 4.68 Å². The third-order valence-corrected chi connectivity index (χ3v) is 2.95. The van der Waals surface area contributed by atoms with Crippen LogP contribution in [0.5, 0.6) is 0 Å². The second kappa shape index (κ2) is 4.65. The lowest BCUT2D eigenvalue weighted by Crippen LogP contribution is -2.06. The van der Waals surface area contributed by atoms with Crippen LogP contribution in [-0.4, -0.2) is 15.0 Å². The number of nitrogens with zero attached hydrogens (tertiary/aromatic N) is 3. The van der Waals surface area contributed by atoms with Crippen LogP contribution in [0, 0.1) is 6.92 Å². The van der Waals surface area contributed by atoms with Crippen molar-refractivity contribution in [1.29, 1.82) is 0 Å². The van der Waals surface area contributed by atoms with Crippen molar-refractivity contribution in [2.24, 2.45) is 7.05 Å². The third-order valence-electron chi connectivity index (χ3n) is 2.46. The van der Waals surface area contributed by atoms with Crippen LogP contribution in [0.2, 0.25) is 0 Å². The Morgan fingerprint density at radius 3 is 2.88 bits per heavy atom. The number of halogens is 1. The van der Waals surface area contributed by atoms with Gasteiger partial charge in [0.1, 0.15) is 0 Å². The Morgan fingerprint density at radius 2 is 2.25 bits per heavy atom. The molecule has 16 heavy (non-hydrogen) atoms. The summed E-state index contributed by atoms with van der Waals surface area (Å²) in [4.78, 5) is 0. The predicted molar refractivity (Wildman–Crippen MR) is 67.2 cm³/mol. The largest absolute Gasteiger partial charge is 0.379 e. The summed E-state index contributed by atoms with van der Waals surface area (Å²) in [5.74, 6) is 0. The summed E-state index contributed by atoms with van der Waals surface area (Å²) in [6.07, 6.45) is 1.77.